The van der Waals surface area contributed by atoms with Gasteiger partial charge >= 0.3 is 0 Å². The number of nitrogens with one attached hydrogen (secondary N) is 1. The molecule has 0 unspecified atom stereocenters. The zero-order valence-electron chi connectivity index (χ0n) is 17.2. The molecule has 0 aromatic heterocycles. The van der Waals surface area contributed by atoms with E-state index in [1.54, 1.807) is 11.0 Å². The van der Waals surface area contributed by atoms with Crippen molar-refractivity contribution in [2.45, 2.75) is 25.8 Å². The summed E-state index contributed by atoms with van der Waals surface area (Å²) in [7, 11) is 0. The van der Waals surface area contributed by atoms with Gasteiger partial charge in [-0.25, -0.2) is 0 Å². The molecule has 0 saturated carbocycles. The molecule has 3 rings (SSSR count). The van der Waals surface area contributed by atoms with E-state index < -0.39 is 0 Å². The Balaban J connectivity index is 1.37. The third-order valence-corrected chi connectivity index (χ3v) is 4.83. The fourth-order valence-corrected chi connectivity index (χ4v) is 3.28. The molecule has 160 valence electrons. The van der Waals surface area contributed by atoms with Gasteiger partial charge in [0.1, 0.15) is 5.75 Å². The molecule has 2 aromatic rings. The van der Waals surface area contributed by atoms with Gasteiger partial charge in [-0.15, -0.1) is 0 Å². The van der Waals surface area contributed by atoms with Crippen molar-refractivity contribution in [1.29, 1.82) is 0 Å². The third-order valence-electron chi connectivity index (χ3n) is 4.83. The Morgan fingerprint density at radius 1 is 0.900 bits per heavy atom. The third kappa shape index (κ3) is 6.40. The van der Waals surface area contributed by atoms with Crippen LogP contribution in [0.25, 0.3) is 0 Å². The van der Waals surface area contributed by atoms with Crippen LogP contribution in [0.4, 0.5) is 0 Å². The summed E-state index contributed by atoms with van der Waals surface area (Å²) in [5.74, 6) is 1.64. The number of hydrogen-bond acceptors (Lipinski definition) is 5. The predicted octanol–water partition coefficient (Wildman–Crippen LogP) is 2.65. The number of nitrogens with zero attached hydrogens (tertiary/aromatic N) is 1. The SMILES string of the molecule is CCOc1ccccc1OCC(=O)N1CCC(NC(=O)COc2ccccc2)CC1. The maximum absolute atomic E-state index is 12.5. The lowest BCUT2D eigenvalue weighted by molar-refractivity contribution is -0.134. The Bertz CT molecular complexity index is 819. The Morgan fingerprint density at radius 3 is 2.20 bits per heavy atom. The van der Waals surface area contributed by atoms with Gasteiger partial charge in [0.15, 0.2) is 24.7 Å². The van der Waals surface area contributed by atoms with E-state index >= 15 is 0 Å². The highest BCUT2D eigenvalue weighted by molar-refractivity contribution is 5.79. The molecule has 0 spiro atoms. The number of ether oxygens (including phenoxy) is 3. The highest BCUT2D eigenvalue weighted by Crippen LogP contribution is 2.26. The molecule has 0 aliphatic carbocycles. The largest absolute Gasteiger partial charge is 0.490 e. The van der Waals surface area contributed by atoms with Crippen LogP contribution in [0.2, 0.25) is 0 Å². The molecule has 0 bridgehead atoms. The molecule has 7 heteroatoms. The fourth-order valence-electron chi connectivity index (χ4n) is 3.28. The van der Waals surface area contributed by atoms with Crippen molar-refractivity contribution in [1.82, 2.24) is 10.2 Å². The van der Waals surface area contributed by atoms with Gasteiger partial charge < -0.3 is 24.4 Å². The molecule has 1 aliphatic rings. The van der Waals surface area contributed by atoms with E-state index in [0.717, 1.165) is 0 Å². The van der Waals surface area contributed by atoms with Gasteiger partial charge in [-0.05, 0) is 44.0 Å². The first-order valence-electron chi connectivity index (χ1n) is 10.3. The van der Waals surface area contributed by atoms with E-state index in [4.69, 9.17) is 14.2 Å². The molecule has 1 fully saturated rings. The standard InChI is InChI=1S/C23H28N2O5/c1-2-28-20-10-6-7-11-21(20)30-17-23(27)25-14-12-18(13-15-25)24-22(26)16-29-19-8-4-3-5-9-19/h3-11,18H,2,12-17H2,1H3,(H,24,26). The second-order valence-corrected chi connectivity index (χ2v) is 6.99. The lowest BCUT2D eigenvalue weighted by atomic mass is 10.1. The topological polar surface area (TPSA) is 77.1 Å². The van der Waals surface area contributed by atoms with Crippen molar-refractivity contribution in [2.24, 2.45) is 0 Å². The van der Waals surface area contributed by atoms with Crippen molar-refractivity contribution in [2.75, 3.05) is 32.9 Å². The Labute approximate surface area is 176 Å². The second-order valence-electron chi connectivity index (χ2n) is 6.99. The number of piperidine rings is 1. The highest BCUT2D eigenvalue weighted by Gasteiger charge is 2.24. The average molecular weight is 412 g/mol. The van der Waals surface area contributed by atoms with Crippen LogP contribution in [0.15, 0.2) is 54.6 Å². The molecular formula is C23H28N2O5. The molecule has 2 aromatic carbocycles. The van der Waals surface area contributed by atoms with Crippen LogP contribution in [0.1, 0.15) is 19.8 Å². The van der Waals surface area contributed by atoms with Crippen molar-refractivity contribution in [3.63, 3.8) is 0 Å². The maximum atomic E-state index is 12.5. The maximum Gasteiger partial charge on any atom is 0.260 e. The number of benzene rings is 2. The number of amides is 2. The van der Waals surface area contributed by atoms with Crippen molar-refractivity contribution in [3.8, 4) is 17.2 Å². The Hall–Kier alpha value is -3.22. The number of para-hydroxylation sites is 3. The molecule has 7 nitrogen and oxygen atoms in total. The molecule has 2 amide bonds. The zero-order chi connectivity index (χ0) is 21.2. The van der Waals surface area contributed by atoms with Gasteiger partial charge in [-0.3, -0.25) is 9.59 Å². The van der Waals surface area contributed by atoms with Crippen LogP contribution in [0.3, 0.4) is 0 Å². The highest BCUT2D eigenvalue weighted by atomic mass is 16.5. The molecule has 0 atom stereocenters. The Kier molecular flexibility index (Phi) is 7.94. The lowest BCUT2D eigenvalue weighted by Crippen LogP contribution is -2.48. The Morgan fingerprint density at radius 2 is 1.53 bits per heavy atom. The van der Waals surface area contributed by atoms with E-state index in [2.05, 4.69) is 5.32 Å². The van der Waals surface area contributed by atoms with E-state index in [0.29, 0.717) is 49.8 Å². The van der Waals surface area contributed by atoms with Crippen molar-refractivity contribution >= 4 is 11.8 Å². The minimum absolute atomic E-state index is 0.0176. The summed E-state index contributed by atoms with van der Waals surface area (Å²) < 4.78 is 16.6. The van der Waals surface area contributed by atoms with E-state index in [9.17, 15) is 9.59 Å². The smallest absolute Gasteiger partial charge is 0.260 e. The molecule has 1 N–H and O–H groups in total. The summed E-state index contributed by atoms with van der Waals surface area (Å²) >= 11 is 0. The molecule has 1 saturated heterocycles. The minimum atomic E-state index is -0.153. The lowest BCUT2D eigenvalue weighted by Gasteiger charge is -2.32. The number of carbonyl (C=O) groups excluding carboxylic acids is 2. The van der Waals surface area contributed by atoms with Crippen LogP contribution >= 0.6 is 0 Å². The minimum Gasteiger partial charge on any atom is -0.490 e. The van der Waals surface area contributed by atoms with Crippen LogP contribution in [-0.4, -0.2) is 55.7 Å². The van der Waals surface area contributed by atoms with Crippen LogP contribution in [0, 0.1) is 0 Å². The number of likely N-dealkylation sites (tertiary alicyclic amines) is 1. The van der Waals surface area contributed by atoms with E-state index in [-0.39, 0.29) is 31.1 Å². The molecule has 30 heavy (non-hydrogen) atoms. The van der Waals surface area contributed by atoms with Crippen LogP contribution in [0.5, 0.6) is 17.2 Å². The van der Waals surface area contributed by atoms with Gasteiger partial charge in [-0.1, -0.05) is 30.3 Å². The van der Waals surface area contributed by atoms with Crippen LogP contribution < -0.4 is 19.5 Å². The summed E-state index contributed by atoms with van der Waals surface area (Å²) in [6.45, 7) is 3.55. The van der Waals surface area contributed by atoms with Crippen LogP contribution in [-0.2, 0) is 9.59 Å². The molecule has 1 aliphatic heterocycles. The average Bonchev–Trinajstić information content (AvgIpc) is 2.78. The van der Waals surface area contributed by atoms with E-state index in [1.807, 2.05) is 55.5 Å². The fraction of sp³-hybridized carbons (Fsp3) is 0.391. The number of hydrogen-bond donors (Lipinski definition) is 1. The van der Waals surface area contributed by atoms with Gasteiger partial charge in [0.05, 0.1) is 6.61 Å². The predicted molar refractivity (Wildman–Crippen MR) is 113 cm³/mol. The normalized spacial score (nSPS) is 14.1. The summed E-state index contributed by atoms with van der Waals surface area (Å²) in [5.41, 5.74) is 0. The summed E-state index contributed by atoms with van der Waals surface area (Å²) in [5, 5.41) is 2.98. The molecule has 0 radical (unpaired) electrons. The first kappa shape index (κ1) is 21.5. The summed E-state index contributed by atoms with van der Waals surface area (Å²) in [6.07, 6.45) is 1.41. The summed E-state index contributed by atoms with van der Waals surface area (Å²) in [4.78, 5) is 26.3. The monoisotopic (exact) mass is 412 g/mol. The van der Waals surface area contributed by atoms with E-state index in [1.165, 1.54) is 0 Å². The van der Waals surface area contributed by atoms with Crippen molar-refractivity contribution in [3.05, 3.63) is 54.6 Å². The molecule has 1 heterocycles. The van der Waals surface area contributed by atoms with Gasteiger partial charge in [0, 0.05) is 19.1 Å². The first-order valence-corrected chi connectivity index (χ1v) is 10.3. The number of carbonyl (C=O) groups is 2. The second kappa shape index (κ2) is 11.1. The summed E-state index contributed by atoms with van der Waals surface area (Å²) in [6, 6.07) is 16.6. The van der Waals surface area contributed by atoms with Gasteiger partial charge in [-0.2, -0.15) is 0 Å². The first-order chi connectivity index (χ1) is 14.7. The zero-order valence-corrected chi connectivity index (χ0v) is 17.2. The van der Waals surface area contributed by atoms with Gasteiger partial charge in [0.2, 0.25) is 0 Å². The quantitative estimate of drug-likeness (QED) is 0.685. The number of rotatable bonds is 9. The van der Waals surface area contributed by atoms with Crippen molar-refractivity contribution < 1.29 is 23.8 Å². The molecular weight excluding hydrogens is 384 g/mol. The van der Waals surface area contributed by atoms with Gasteiger partial charge in [0.25, 0.3) is 11.8 Å².